The number of fused-ring (bicyclic) bond motifs is 1. The molecule has 1 atom stereocenters. The number of aromatic nitrogens is 1. The predicted octanol–water partition coefficient (Wildman–Crippen LogP) is 5.54. The summed E-state index contributed by atoms with van der Waals surface area (Å²) >= 11 is 6.07. The molecule has 32 heavy (non-hydrogen) atoms. The second kappa shape index (κ2) is 10.4. The highest BCUT2D eigenvalue weighted by atomic mass is 35.5. The van der Waals surface area contributed by atoms with Crippen molar-refractivity contribution in [1.29, 1.82) is 0 Å². The van der Waals surface area contributed by atoms with E-state index in [9.17, 15) is 4.79 Å². The zero-order valence-electron chi connectivity index (χ0n) is 18.7. The quantitative estimate of drug-likeness (QED) is 0.458. The fraction of sp³-hybridized carbons (Fsp3) is 0.440. The van der Waals surface area contributed by atoms with Crippen LogP contribution in [0.2, 0.25) is 5.02 Å². The molecule has 0 saturated carbocycles. The maximum Gasteiger partial charge on any atom is 0.295 e. The Morgan fingerprint density at radius 2 is 2.16 bits per heavy atom. The van der Waals surface area contributed by atoms with Gasteiger partial charge in [-0.2, -0.15) is 4.98 Å². The number of aryl methyl sites for hydroxylation is 1. The number of nitrogens with zero attached hydrogens (tertiary/aromatic N) is 2. The standard InChI is InChI=1S/C25H30ClN3O3/c1-3-9-29(15-18-8-10-31-16-18)24(30)20-12-19(4-2)23-22(13-20)28-25(32-23)27-14-17-6-5-7-21(26)11-17/h5-7,11-13,18H,3-4,8-10,14-16H2,1-2H3,(H,27,28). The van der Waals surface area contributed by atoms with Gasteiger partial charge in [0, 0.05) is 42.7 Å². The molecule has 1 aliphatic rings. The van der Waals surface area contributed by atoms with Gasteiger partial charge in [0.2, 0.25) is 0 Å². The van der Waals surface area contributed by atoms with Crippen LogP contribution in [0.1, 0.15) is 48.2 Å². The van der Waals surface area contributed by atoms with Crippen LogP contribution in [0.4, 0.5) is 6.01 Å². The molecule has 1 fully saturated rings. The topological polar surface area (TPSA) is 67.6 Å². The van der Waals surface area contributed by atoms with Crippen LogP contribution >= 0.6 is 11.6 Å². The van der Waals surface area contributed by atoms with Crippen LogP contribution in [0.25, 0.3) is 11.1 Å². The number of rotatable bonds is 9. The zero-order chi connectivity index (χ0) is 22.5. The van der Waals surface area contributed by atoms with Crippen molar-refractivity contribution in [3.05, 3.63) is 58.1 Å². The molecule has 4 rings (SSSR count). The van der Waals surface area contributed by atoms with Crippen molar-refractivity contribution in [2.45, 2.75) is 39.7 Å². The number of nitrogens with one attached hydrogen (secondary N) is 1. The summed E-state index contributed by atoms with van der Waals surface area (Å²) in [5.41, 5.74) is 4.11. The summed E-state index contributed by atoms with van der Waals surface area (Å²) in [5.74, 6) is 0.459. The molecule has 0 aliphatic carbocycles. The van der Waals surface area contributed by atoms with Crippen LogP contribution in [0.15, 0.2) is 40.8 Å². The van der Waals surface area contributed by atoms with Crippen LogP contribution in [-0.2, 0) is 17.7 Å². The van der Waals surface area contributed by atoms with Crippen molar-refractivity contribution >= 4 is 34.6 Å². The van der Waals surface area contributed by atoms with E-state index in [1.54, 1.807) is 0 Å². The minimum absolute atomic E-state index is 0.0480. The van der Waals surface area contributed by atoms with E-state index >= 15 is 0 Å². The number of hydrogen-bond acceptors (Lipinski definition) is 5. The third-order valence-electron chi connectivity index (χ3n) is 5.81. The Labute approximate surface area is 193 Å². The van der Waals surface area contributed by atoms with E-state index in [2.05, 4.69) is 24.1 Å². The zero-order valence-corrected chi connectivity index (χ0v) is 19.5. The van der Waals surface area contributed by atoms with Gasteiger partial charge in [0.1, 0.15) is 5.52 Å². The number of carbonyl (C=O) groups excluding carboxylic acids is 1. The van der Waals surface area contributed by atoms with E-state index in [1.165, 1.54) is 0 Å². The van der Waals surface area contributed by atoms with Gasteiger partial charge < -0.3 is 19.4 Å². The Kier molecular flexibility index (Phi) is 7.33. The number of carbonyl (C=O) groups is 1. The van der Waals surface area contributed by atoms with Crippen molar-refractivity contribution in [3.63, 3.8) is 0 Å². The lowest BCUT2D eigenvalue weighted by Gasteiger charge is -2.25. The first-order valence-corrected chi connectivity index (χ1v) is 11.7. The van der Waals surface area contributed by atoms with Crippen molar-refractivity contribution < 1.29 is 13.9 Å². The van der Waals surface area contributed by atoms with Gasteiger partial charge in [-0.05, 0) is 54.7 Å². The average Bonchev–Trinajstić information content (AvgIpc) is 3.45. The van der Waals surface area contributed by atoms with Gasteiger partial charge in [-0.3, -0.25) is 4.79 Å². The summed E-state index contributed by atoms with van der Waals surface area (Å²) in [6.45, 7) is 7.70. The third-order valence-corrected chi connectivity index (χ3v) is 6.05. The van der Waals surface area contributed by atoms with E-state index in [4.69, 9.17) is 20.8 Å². The summed E-state index contributed by atoms with van der Waals surface area (Å²) in [6, 6.07) is 11.9. The lowest BCUT2D eigenvalue weighted by Crippen LogP contribution is -2.36. The number of oxazole rings is 1. The molecule has 170 valence electrons. The highest BCUT2D eigenvalue weighted by Crippen LogP contribution is 2.27. The highest BCUT2D eigenvalue weighted by Gasteiger charge is 2.24. The molecule has 0 spiro atoms. The van der Waals surface area contributed by atoms with Crippen molar-refractivity contribution in [3.8, 4) is 0 Å². The molecule has 1 saturated heterocycles. The van der Waals surface area contributed by atoms with E-state index in [0.717, 1.165) is 62.3 Å². The second-order valence-electron chi connectivity index (χ2n) is 8.32. The highest BCUT2D eigenvalue weighted by molar-refractivity contribution is 6.30. The van der Waals surface area contributed by atoms with E-state index in [0.29, 0.717) is 34.6 Å². The minimum atomic E-state index is 0.0480. The molecule has 2 aromatic carbocycles. The second-order valence-corrected chi connectivity index (χ2v) is 8.76. The molecular formula is C25H30ClN3O3. The van der Waals surface area contributed by atoms with Gasteiger partial charge in [-0.25, -0.2) is 0 Å². The van der Waals surface area contributed by atoms with Gasteiger partial charge in [-0.15, -0.1) is 0 Å². The van der Waals surface area contributed by atoms with Crippen LogP contribution < -0.4 is 5.32 Å². The number of ether oxygens (including phenoxy) is 1. The van der Waals surface area contributed by atoms with Gasteiger partial charge in [-0.1, -0.05) is 37.6 Å². The summed E-state index contributed by atoms with van der Waals surface area (Å²) in [6.07, 6.45) is 2.69. The number of anilines is 1. The Morgan fingerprint density at radius 1 is 1.28 bits per heavy atom. The molecule has 1 aliphatic heterocycles. The van der Waals surface area contributed by atoms with Crippen molar-refractivity contribution in [2.75, 3.05) is 31.6 Å². The van der Waals surface area contributed by atoms with E-state index < -0.39 is 0 Å². The first-order valence-electron chi connectivity index (χ1n) is 11.4. The summed E-state index contributed by atoms with van der Waals surface area (Å²) in [7, 11) is 0. The molecular weight excluding hydrogens is 426 g/mol. The molecule has 1 N–H and O–H groups in total. The minimum Gasteiger partial charge on any atom is -0.423 e. The SMILES string of the molecule is CCCN(CC1CCOC1)C(=O)c1cc(CC)c2oc(NCc3cccc(Cl)c3)nc2c1. The van der Waals surface area contributed by atoms with Crippen LogP contribution in [0, 0.1) is 5.92 Å². The maximum atomic E-state index is 13.4. The first kappa shape index (κ1) is 22.6. The Hall–Kier alpha value is -2.57. The van der Waals surface area contributed by atoms with Gasteiger partial charge in [0.25, 0.3) is 11.9 Å². The van der Waals surface area contributed by atoms with E-state index in [-0.39, 0.29) is 5.91 Å². The molecule has 2 heterocycles. The normalized spacial score (nSPS) is 15.9. The van der Waals surface area contributed by atoms with Crippen LogP contribution in [0.3, 0.4) is 0 Å². The lowest BCUT2D eigenvalue weighted by molar-refractivity contribution is 0.0720. The molecule has 6 nitrogen and oxygen atoms in total. The fourth-order valence-corrected chi connectivity index (χ4v) is 4.37. The summed E-state index contributed by atoms with van der Waals surface area (Å²) < 4.78 is 11.5. The fourth-order valence-electron chi connectivity index (χ4n) is 4.16. The van der Waals surface area contributed by atoms with Crippen LogP contribution in [0.5, 0.6) is 0 Å². The number of amides is 1. The number of hydrogen-bond donors (Lipinski definition) is 1. The smallest absolute Gasteiger partial charge is 0.295 e. The third kappa shape index (κ3) is 5.25. The summed E-state index contributed by atoms with van der Waals surface area (Å²) in [4.78, 5) is 19.9. The average molecular weight is 456 g/mol. The Bertz CT molecular complexity index is 1080. The van der Waals surface area contributed by atoms with Crippen molar-refractivity contribution in [2.24, 2.45) is 5.92 Å². The van der Waals surface area contributed by atoms with Gasteiger partial charge >= 0.3 is 0 Å². The Balaban J connectivity index is 1.55. The van der Waals surface area contributed by atoms with Gasteiger partial charge in [0.05, 0.1) is 6.61 Å². The Morgan fingerprint density at radius 3 is 2.88 bits per heavy atom. The largest absolute Gasteiger partial charge is 0.423 e. The molecule has 0 bridgehead atoms. The lowest BCUT2D eigenvalue weighted by atomic mass is 10.0. The molecule has 3 aromatic rings. The number of benzene rings is 2. The van der Waals surface area contributed by atoms with E-state index in [1.807, 2.05) is 41.3 Å². The first-order chi connectivity index (χ1) is 15.6. The molecule has 7 heteroatoms. The molecule has 0 radical (unpaired) electrons. The van der Waals surface area contributed by atoms with Crippen LogP contribution in [-0.4, -0.2) is 42.1 Å². The monoisotopic (exact) mass is 455 g/mol. The maximum absolute atomic E-state index is 13.4. The number of halogens is 1. The predicted molar refractivity (Wildman–Crippen MR) is 127 cm³/mol. The van der Waals surface area contributed by atoms with Gasteiger partial charge in [0.15, 0.2) is 5.58 Å². The molecule has 1 amide bonds. The van der Waals surface area contributed by atoms with Crippen molar-refractivity contribution in [1.82, 2.24) is 9.88 Å². The molecule has 1 aromatic heterocycles. The molecule has 1 unspecified atom stereocenters. The summed E-state index contributed by atoms with van der Waals surface area (Å²) in [5, 5.41) is 3.92.